The van der Waals surface area contributed by atoms with Gasteiger partial charge in [0.15, 0.2) is 0 Å². The van der Waals surface area contributed by atoms with Crippen LogP contribution in [0.1, 0.15) is 0 Å². The van der Waals surface area contributed by atoms with Crippen molar-refractivity contribution >= 4 is 32.3 Å². The van der Waals surface area contributed by atoms with Crippen molar-refractivity contribution in [2.75, 3.05) is 0 Å². The van der Waals surface area contributed by atoms with Gasteiger partial charge in [-0.1, -0.05) is 115 Å². The molecule has 0 spiro atoms. The zero-order chi connectivity index (χ0) is 23.9. The molecule has 0 atom stereocenters. The van der Waals surface area contributed by atoms with Gasteiger partial charge in [-0.15, -0.1) is 0 Å². The van der Waals surface area contributed by atoms with Crippen molar-refractivity contribution in [2.24, 2.45) is 0 Å². The lowest BCUT2D eigenvalue weighted by atomic mass is 9.86. The third-order valence-corrected chi connectivity index (χ3v) is 7.14. The molecule has 168 valence electrons. The monoisotopic (exact) mass is 457 g/mol. The van der Waals surface area contributed by atoms with Gasteiger partial charge in [0.1, 0.15) is 0 Å². The van der Waals surface area contributed by atoms with Crippen molar-refractivity contribution < 1.29 is 0 Å². The molecule has 0 aliphatic rings. The molecular formula is C35H23N. The van der Waals surface area contributed by atoms with Crippen LogP contribution in [-0.4, -0.2) is 4.98 Å². The molecular weight excluding hydrogens is 434 g/mol. The van der Waals surface area contributed by atoms with Crippen LogP contribution < -0.4 is 0 Å². The van der Waals surface area contributed by atoms with Crippen LogP contribution in [0.2, 0.25) is 0 Å². The van der Waals surface area contributed by atoms with Gasteiger partial charge in [0, 0.05) is 17.8 Å². The maximum Gasteiger partial charge on any atom is 0.0353 e. The van der Waals surface area contributed by atoms with E-state index in [-0.39, 0.29) is 0 Å². The summed E-state index contributed by atoms with van der Waals surface area (Å²) in [6.45, 7) is 0. The molecule has 0 N–H and O–H groups in total. The number of aromatic nitrogens is 1. The van der Waals surface area contributed by atoms with Crippen LogP contribution in [0.4, 0.5) is 0 Å². The van der Waals surface area contributed by atoms with Crippen molar-refractivity contribution in [1.82, 2.24) is 4.98 Å². The Labute approximate surface area is 210 Å². The van der Waals surface area contributed by atoms with Gasteiger partial charge in [-0.3, -0.25) is 4.98 Å². The highest BCUT2D eigenvalue weighted by atomic mass is 14.6. The van der Waals surface area contributed by atoms with Crippen LogP contribution in [0, 0.1) is 0 Å². The predicted octanol–water partition coefficient (Wildman–Crippen LogP) is 9.54. The van der Waals surface area contributed by atoms with Gasteiger partial charge >= 0.3 is 0 Å². The molecule has 0 unspecified atom stereocenters. The fraction of sp³-hybridized carbons (Fsp3) is 0. The summed E-state index contributed by atoms with van der Waals surface area (Å²) >= 11 is 0. The highest BCUT2D eigenvalue weighted by molar-refractivity contribution is 6.21. The highest BCUT2D eigenvalue weighted by Gasteiger charge is 2.17. The van der Waals surface area contributed by atoms with Crippen LogP contribution in [0.15, 0.2) is 140 Å². The Morgan fingerprint density at radius 2 is 0.917 bits per heavy atom. The molecule has 36 heavy (non-hydrogen) atoms. The van der Waals surface area contributed by atoms with Crippen LogP contribution in [0.5, 0.6) is 0 Å². The number of nitrogens with zero attached hydrogens (tertiary/aromatic N) is 1. The molecule has 6 aromatic carbocycles. The third kappa shape index (κ3) is 3.37. The quantitative estimate of drug-likeness (QED) is 0.241. The fourth-order valence-corrected chi connectivity index (χ4v) is 5.45. The Hall–Kier alpha value is -4.75. The maximum absolute atomic E-state index is 4.56. The van der Waals surface area contributed by atoms with E-state index in [1.54, 1.807) is 0 Å². The van der Waals surface area contributed by atoms with Gasteiger partial charge < -0.3 is 0 Å². The first-order chi connectivity index (χ1) is 17.9. The normalized spacial score (nSPS) is 11.3. The topological polar surface area (TPSA) is 12.9 Å². The molecule has 0 aliphatic carbocycles. The van der Waals surface area contributed by atoms with Crippen molar-refractivity contribution in [1.29, 1.82) is 0 Å². The molecule has 0 amide bonds. The van der Waals surface area contributed by atoms with Crippen LogP contribution in [0.3, 0.4) is 0 Å². The highest BCUT2D eigenvalue weighted by Crippen LogP contribution is 2.44. The van der Waals surface area contributed by atoms with Crippen molar-refractivity contribution in [3.05, 3.63) is 140 Å². The van der Waals surface area contributed by atoms with E-state index in [4.69, 9.17) is 0 Å². The van der Waals surface area contributed by atoms with E-state index in [0.29, 0.717) is 0 Å². The average molecular weight is 458 g/mol. The Balaban J connectivity index is 1.50. The van der Waals surface area contributed by atoms with Gasteiger partial charge in [0.2, 0.25) is 0 Å². The van der Waals surface area contributed by atoms with Crippen molar-refractivity contribution in [3.63, 3.8) is 0 Å². The summed E-state index contributed by atoms with van der Waals surface area (Å²) in [6.07, 6.45) is 3.93. The summed E-state index contributed by atoms with van der Waals surface area (Å²) < 4.78 is 0. The van der Waals surface area contributed by atoms with Crippen LogP contribution >= 0.6 is 0 Å². The second-order valence-electron chi connectivity index (χ2n) is 9.22. The summed E-state index contributed by atoms with van der Waals surface area (Å²) in [6, 6.07) is 45.7. The van der Waals surface area contributed by atoms with E-state index >= 15 is 0 Å². The Morgan fingerprint density at radius 1 is 0.361 bits per heavy atom. The smallest absolute Gasteiger partial charge is 0.0353 e. The summed E-state index contributed by atoms with van der Waals surface area (Å²) in [7, 11) is 0. The molecule has 0 saturated heterocycles. The van der Waals surface area contributed by atoms with E-state index in [1.807, 2.05) is 12.4 Å². The minimum absolute atomic E-state index is 1.17. The predicted molar refractivity (Wildman–Crippen MR) is 153 cm³/mol. The number of pyridine rings is 1. The molecule has 0 saturated carbocycles. The number of fused-ring (bicyclic) bond motifs is 3. The first kappa shape index (κ1) is 20.6. The first-order valence-corrected chi connectivity index (χ1v) is 12.3. The third-order valence-electron chi connectivity index (χ3n) is 7.14. The van der Waals surface area contributed by atoms with Gasteiger partial charge in [0.25, 0.3) is 0 Å². The minimum Gasteiger partial charge on any atom is -0.264 e. The van der Waals surface area contributed by atoms with Crippen LogP contribution in [0.25, 0.3) is 65.7 Å². The average Bonchev–Trinajstić information content (AvgIpc) is 2.96. The molecule has 1 nitrogen and oxygen atoms in total. The molecule has 1 heterocycles. The second-order valence-corrected chi connectivity index (χ2v) is 9.22. The molecule has 0 aliphatic heterocycles. The molecule has 1 aromatic heterocycles. The molecule has 0 bridgehead atoms. The maximum atomic E-state index is 4.56. The molecule has 1 heteroatoms. The fourth-order valence-electron chi connectivity index (χ4n) is 5.45. The van der Waals surface area contributed by atoms with E-state index in [9.17, 15) is 0 Å². The number of hydrogen-bond acceptors (Lipinski definition) is 1. The standard InChI is InChI=1S/C35H23N/c1-2-8-24(9-3-1)26-14-17-27(18-15-26)34-30-12-6-7-13-31(30)35(32-20-21-36-23-33(32)34)29-19-16-25-10-4-5-11-28(25)22-29/h1-23H. The molecule has 7 aromatic rings. The number of benzene rings is 6. The van der Waals surface area contributed by atoms with Crippen molar-refractivity contribution in [2.45, 2.75) is 0 Å². The Morgan fingerprint density at radius 3 is 1.69 bits per heavy atom. The minimum atomic E-state index is 1.17. The van der Waals surface area contributed by atoms with Gasteiger partial charge in [-0.2, -0.15) is 0 Å². The second kappa shape index (κ2) is 8.48. The van der Waals surface area contributed by atoms with Crippen LogP contribution in [-0.2, 0) is 0 Å². The summed E-state index contributed by atoms with van der Waals surface area (Å²) in [5, 5.41) is 7.41. The van der Waals surface area contributed by atoms with Gasteiger partial charge in [0.05, 0.1) is 0 Å². The Kier molecular flexibility index (Phi) is 4.85. The summed E-state index contributed by atoms with van der Waals surface area (Å²) in [5.41, 5.74) is 7.38. The zero-order valence-electron chi connectivity index (χ0n) is 19.7. The lowest BCUT2D eigenvalue weighted by Crippen LogP contribution is -1.91. The summed E-state index contributed by atoms with van der Waals surface area (Å²) in [4.78, 5) is 4.56. The van der Waals surface area contributed by atoms with E-state index in [1.165, 1.54) is 65.7 Å². The van der Waals surface area contributed by atoms with Crippen molar-refractivity contribution in [3.8, 4) is 33.4 Å². The van der Waals surface area contributed by atoms with E-state index in [0.717, 1.165) is 0 Å². The van der Waals surface area contributed by atoms with E-state index < -0.39 is 0 Å². The van der Waals surface area contributed by atoms with E-state index in [2.05, 4.69) is 132 Å². The number of rotatable bonds is 3. The summed E-state index contributed by atoms with van der Waals surface area (Å²) in [5.74, 6) is 0. The lowest BCUT2D eigenvalue weighted by Gasteiger charge is -2.18. The van der Waals surface area contributed by atoms with Gasteiger partial charge in [-0.25, -0.2) is 0 Å². The number of hydrogen-bond donors (Lipinski definition) is 0. The molecule has 0 fully saturated rings. The molecule has 7 rings (SSSR count). The van der Waals surface area contributed by atoms with Gasteiger partial charge in [-0.05, 0) is 72.4 Å². The Bertz CT molecular complexity index is 1810. The zero-order valence-corrected chi connectivity index (χ0v) is 19.7. The largest absolute Gasteiger partial charge is 0.264 e. The molecule has 0 radical (unpaired) electrons. The lowest BCUT2D eigenvalue weighted by molar-refractivity contribution is 1.37. The SMILES string of the molecule is c1ccc(-c2ccc(-c3c4ccccc4c(-c4ccc5ccccc5c4)c4ccncc34)cc2)cc1. The first-order valence-electron chi connectivity index (χ1n) is 12.3.